The molecule has 0 radical (unpaired) electrons. The number of allylic oxidation sites excluding steroid dienone is 3. The second-order valence-corrected chi connectivity index (χ2v) is 5.65. The van der Waals surface area contributed by atoms with E-state index in [-0.39, 0.29) is 17.2 Å². The van der Waals surface area contributed by atoms with Crippen LogP contribution in [0.15, 0.2) is 34.7 Å². The van der Waals surface area contributed by atoms with E-state index in [0.717, 1.165) is 23.3 Å². The van der Waals surface area contributed by atoms with Crippen molar-refractivity contribution in [3.05, 3.63) is 39.6 Å². The summed E-state index contributed by atoms with van der Waals surface area (Å²) in [6.45, 7) is 0. The molecule has 0 amide bonds. The Hall–Kier alpha value is -2.68. The number of nitrogens with one attached hydrogen (secondary N) is 1. The molecule has 1 fully saturated rings. The summed E-state index contributed by atoms with van der Waals surface area (Å²) in [6.07, 6.45) is 5.72. The van der Waals surface area contributed by atoms with Gasteiger partial charge in [0.15, 0.2) is 5.92 Å². The highest BCUT2D eigenvalue weighted by atomic mass is 32.1. The van der Waals surface area contributed by atoms with Crippen LogP contribution in [-0.2, 0) is 0 Å². The van der Waals surface area contributed by atoms with E-state index >= 15 is 0 Å². The molecule has 1 aliphatic carbocycles. The SMILES string of the molecule is N#CC(C(=N)C(C#N)C#N)=C(C=Cc1cccs1)C1CC1. The molecule has 1 aromatic rings. The first-order valence-corrected chi connectivity index (χ1v) is 7.33. The van der Waals surface area contributed by atoms with Gasteiger partial charge in [-0.05, 0) is 41.9 Å². The molecule has 1 heterocycles. The fraction of sp³-hybridized carbons (Fsp3) is 0.250. The molecule has 0 saturated heterocycles. The summed E-state index contributed by atoms with van der Waals surface area (Å²) in [4.78, 5) is 1.06. The number of hydrogen-bond acceptors (Lipinski definition) is 5. The van der Waals surface area contributed by atoms with E-state index < -0.39 is 5.92 Å². The Bertz CT molecular complexity index is 702. The predicted octanol–water partition coefficient (Wildman–Crippen LogP) is 3.67. The molecule has 1 saturated carbocycles. The molecule has 102 valence electrons. The van der Waals surface area contributed by atoms with Gasteiger partial charge in [-0.3, -0.25) is 0 Å². The normalized spacial score (nSPS) is 15.1. The molecule has 4 nitrogen and oxygen atoms in total. The van der Waals surface area contributed by atoms with E-state index in [2.05, 4.69) is 0 Å². The van der Waals surface area contributed by atoms with Gasteiger partial charge in [-0.25, -0.2) is 0 Å². The van der Waals surface area contributed by atoms with Crippen molar-refractivity contribution in [2.24, 2.45) is 11.8 Å². The fourth-order valence-corrected chi connectivity index (χ4v) is 2.58. The maximum absolute atomic E-state index is 9.34. The first-order valence-electron chi connectivity index (χ1n) is 6.45. The van der Waals surface area contributed by atoms with E-state index in [1.165, 1.54) is 0 Å². The van der Waals surface area contributed by atoms with Crippen molar-refractivity contribution in [1.82, 2.24) is 0 Å². The van der Waals surface area contributed by atoms with Crippen molar-refractivity contribution in [2.75, 3.05) is 0 Å². The Kier molecular flexibility index (Phi) is 4.67. The van der Waals surface area contributed by atoms with Gasteiger partial charge in [0, 0.05) is 4.88 Å². The lowest BCUT2D eigenvalue weighted by atomic mass is 9.93. The van der Waals surface area contributed by atoms with Crippen LogP contribution in [0, 0.1) is 51.2 Å². The lowest BCUT2D eigenvalue weighted by Gasteiger charge is -2.07. The van der Waals surface area contributed by atoms with Gasteiger partial charge in [0.1, 0.15) is 6.07 Å². The smallest absolute Gasteiger partial charge is 0.175 e. The van der Waals surface area contributed by atoms with Crippen LogP contribution in [0.3, 0.4) is 0 Å². The van der Waals surface area contributed by atoms with Gasteiger partial charge in [0.05, 0.1) is 23.4 Å². The molecule has 21 heavy (non-hydrogen) atoms. The van der Waals surface area contributed by atoms with Gasteiger partial charge >= 0.3 is 0 Å². The zero-order chi connectivity index (χ0) is 15.2. The van der Waals surface area contributed by atoms with Crippen LogP contribution in [0.4, 0.5) is 0 Å². The molecule has 5 heteroatoms. The first kappa shape index (κ1) is 14.7. The zero-order valence-electron chi connectivity index (χ0n) is 11.2. The van der Waals surface area contributed by atoms with Crippen LogP contribution in [0.5, 0.6) is 0 Å². The molecule has 0 unspecified atom stereocenters. The summed E-state index contributed by atoms with van der Waals surface area (Å²) in [7, 11) is 0. The van der Waals surface area contributed by atoms with Crippen LogP contribution < -0.4 is 0 Å². The molecular weight excluding hydrogens is 280 g/mol. The Labute approximate surface area is 127 Å². The van der Waals surface area contributed by atoms with Crippen molar-refractivity contribution in [3.63, 3.8) is 0 Å². The number of thiophene rings is 1. The number of nitriles is 3. The molecule has 0 aliphatic heterocycles. The average molecular weight is 292 g/mol. The second kappa shape index (κ2) is 6.66. The van der Waals surface area contributed by atoms with Crippen LogP contribution in [0.1, 0.15) is 17.7 Å². The first-order chi connectivity index (χ1) is 10.2. The summed E-state index contributed by atoms with van der Waals surface area (Å²) in [6, 6.07) is 9.43. The lowest BCUT2D eigenvalue weighted by Crippen LogP contribution is -2.13. The van der Waals surface area contributed by atoms with Gasteiger partial charge < -0.3 is 5.41 Å². The number of hydrogen-bond donors (Lipinski definition) is 1. The Balaban J connectivity index is 2.38. The van der Waals surface area contributed by atoms with Crippen molar-refractivity contribution in [1.29, 1.82) is 21.2 Å². The molecule has 1 aromatic heterocycles. The summed E-state index contributed by atoms with van der Waals surface area (Å²) >= 11 is 1.59. The molecule has 1 N–H and O–H groups in total. The summed E-state index contributed by atoms with van der Waals surface area (Å²) in [5.41, 5.74) is 0.741. The summed E-state index contributed by atoms with van der Waals surface area (Å²) in [5.74, 6) is -0.933. The topological polar surface area (TPSA) is 95.2 Å². The van der Waals surface area contributed by atoms with E-state index in [4.69, 9.17) is 15.9 Å². The molecule has 0 bridgehead atoms. The van der Waals surface area contributed by atoms with E-state index in [9.17, 15) is 5.26 Å². The van der Waals surface area contributed by atoms with Crippen molar-refractivity contribution in [2.45, 2.75) is 12.8 Å². The average Bonchev–Trinajstić information content (AvgIpc) is 3.20. The van der Waals surface area contributed by atoms with Crippen molar-refractivity contribution < 1.29 is 0 Å². The minimum absolute atomic E-state index is 0.165. The highest BCUT2D eigenvalue weighted by Gasteiger charge is 2.30. The molecular formula is C16H12N4S. The molecule has 2 rings (SSSR count). The van der Waals surface area contributed by atoms with E-state index in [1.54, 1.807) is 23.5 Å². The molecule has 0 aromatic carbocycles. The molecule has 0 spiro atoms. The predicted molar refractivity (Wildman–Crippen MR) is 81.2 cm³/mol. The zero-order valence-corrected chi connectivity index (χ0v) is 12.0. The quantitative estimate of drug-likeness (QED) is 0.509. The van der Waals surface area contributed by atoms with Crippen LogP contribution >= 0.6 is 11.3 Å². The standard InChI is InChI=1S/C16H12N4S/c17-8-12(9-18)16(20)15(10-19)14(11-3-4-11)6-5-13-2-1-7-21-13/h1-2,5-7,11-12,20H,3-4H2. The Morgan fingerprint density at radius 1 is 1.33 bits per heavy atom. The molecule has 1 aliphatic rings. The minimum Gasteiger partial charge on any atom is -0.301 e. The highest BCUT2D eigenvalue weighted by molar-refractivity contribution is 7.10. The number of nitrogens with zero attached hydrogens (tertiary/aromatic N) is 3. The third kappa shape index (κ3) is 3.45. The maximum Gasteiger partial charge on any atom is 0.175 e. The molecule has 0 atom stereocenters. The fourth-order valence-electron chi connectivity index (χ4n) is 1.96. The van der Waals surface area contributed by atoms with Gasteiger partial charge in [-0.15, -0.1) is 11.3 Å². The van der Waals surface area contributed by atoms with E-state index in [0.29, 0.717) is 0 Å². The minimum atomic E-state index is -1.19. The third-order valence-electron chi connectivity index (χ3n) is 3.20. The Morgan fingerprint density at radius 3 is 2.52 bits per heavy atom. The highest BCUT2D eigenvalue weighted by Crippen LogP contribution is 2.39. The van der Waals surface area contributed by atoms with E-state index in [1.807, 2.05) is 35.7 Å². The van der Waals surface area contributed by atoms with Gasteiger partial charge in [-0.1, -0.05) is 12.1 Å². The third-order valence-corrected chi connectivity index (χ3v) is 4.04. The monoisotopic (exact) mass is 292 g/mol. The van der Waals surface area contributed by atoms with Crippen LogP contribution in [-0.4, -0.2) is 5.71 Å². The van der Waals surface area contributed by atoms with Gasteiger partial charge in [0.2, 0.25) is 0 Å². The second-order valence-electron chi connectivity index (χ2n) is 4.67. The summed E-state index contributed by atoms with van der Waals surface area (Å²) < 4.78 is 0. The van der Waals surface area contributed by atoms with Crippen molar-refractivity contribution >= 4 is 23.1 Å². The largest absolute Gasteiger partial charge is 0.301 e. The van der Waals surface area contributed by atoms with Crippen LogP contribution in [0.2, 0.25) is 0 Å². The van der Waals surface area contributed by atoms with Crippen molar-refractivity contribution in [3.8, 4) is 18.2 Å². The van der Waals surface area contributed by atoms with Gasteiger partial charge in [-0.2, -0.15) is 15.8 Å². The lowest BCUT2D eigenvalue weighted by molar-refractivity contribution is 1.03. The maximum atomic E-state index is 9.34. The van der Waals surface area contributed by atoms with Crippen LogP contribution in [0.25, 0.3) is 6.08 Å². The van der Waals surface area contributed by atoms with Gasteiger partial charge in [0.25, 0.3) is 0 Å². The summed E-state index contributed by atoms with van der Waals surface area (Å²) in [5, 5.41) is 37.1. The number of rotatable bonds is 5. The Morgan fingerprint density at radius 2 is 2.05 bits per heavy atom.